The molecule has 4 nitrogen and oxygen atoms in total. The minimum Gasteiger partial charge on any atom is -0.384 e. The predicted octanol–water partition coefficient (Wildman–Crippen LogP) is 2.12. The van der Waals surface area contributed by atoms with Crippen LogP contribution in [0, 0.1) is 12.3 Å². The molecule has 0 atom stereocenters. The van der Waals surface area contributed by atoms with Crippen LogP contribution in [0.5, 0.6) is 0 Å². The topological polar surface area (TPSA) is 67.7 Å². The Balaban J connectivity index is 2.53. The van der Waals surface area contributed by atoms with Crippen LogP contribution in [0.3, 0.4) is 0 Å². The Labute approximate surface area is 98.2 Å². The van der Waals surface area contributed by atoms with Gasteiger partial charge in [0.1, 0.15) is 5.84 Å². The maximum Gasteiger partial charge on any atom is 0.126 e. The van der Waals surface area contributed by atoms with Gasteiger partial charge in [0.25, 0.3) is 0 Å². The molecule has 82 valence electrons. The minimum atomic E-state index is 0.0192. The van der Waals surface area contributed by atoms with Crippen LogP contribution in [0.4, 0.5) is 0 Å². The first-order chi connectivity index (χ1) is 7.59. The second kappa shape index (κ2) is 3.98. The molecule has 16 heavy (non-hydrogen) atoms. The smallest absolute Gasteiger partial charge is 0.126 e. The van der Waals surface area contributed by atoms with E-state index < -0.39 is 0 Å². The van der Waals surface area contributed by atoms with Crippen molar-refractivity contribution in [1.29, 1.82) is 5.41 Å². The molecule has 0 saturated heterocycles. The highest BCUT2D eigenvalue weighted by molar-refractivity contribution is 6.30. The third-order valence-electron chi connectivity index (χ3n) is 2.35. The third kappa shape index (κ3) is 1.79. The minimum absolute atomic E-state index is 0.0192. The van der Waals surface area contributed by atoms with Gasteiger partial charge in [-0.2, -0.15) is 5.10 Å². The van der Waals surface area contributed by atoms with Gasteiger partial charge in [0.05, 0.1) is 23.1 Å². The zero-order chi connectivity index (χ0) is 11.7. The summed E-state index contributed by atoms with van der Waals surface area (Å²) in [5.74, 6) is 0.0192. The Morgan fingerprint density at radius 1 is 1.50 bits per heavy atom. The van der Waals surface area contributed by atoms with E-state index >= 15 is 0 Å². The fourth-order valence-corrected chi connectivity index (χ4v) is 1.73. The fraction of sp³-hybridized carbons (Fsp3) is 0.0909. The number of amidine groups is 1. The molecular weight excluding hydrogens is 224 g/mol. The standard InChI is InChI=1S/C11H11ClN4/c1-7-10(11(13)14)6-15-16(7)9-4-2-3-8(12)5-9/h2-6H,1H3,(H3,13,14). The molecule has 0 aliphatic carbocycles. The van der Waals surface area contributed by atoms with Crippen molar-refractivity contribution in [2.45, 2.75) is 6.92 Å². The van der Waals surface area contributed by atoms with Gasteiger partial charge in [0.15, 0.2) is 0 Å². The molecule has 2 aromatic rings. The molecule has 0 fully saturated rings. The van der Waals surface area contributed by atoms with E-state index in [1.54, 1.807) is 16.9 Å². The molecular formula is C11H11ClN4. The third-order valence-corrected chi connectivity index (χ3v) is 2.59. The molecule has 0 bridgehead atoms. The first kappa shape index (κ1) is 10.7. The maximum atomic E-state index is 7.39. The number of hydrogen-bond donors (Lipinski definition) is 2. The van der Waals surface area contributed by atoms with Gasteiger partial charge >= 0.3 is 0 Å². The Kier molecular flexibility index (Phi) is 2.66. The molecule has 0 saturated carbocycles. The predicted molar refractivity (Wildman–Crippen MR) is 64.3 cm³/mol. The Bertz CT molecular complexity index is 545. The summed E-state index contributed by atoms with van der Waals surface area (Å²) in [6.45, 7) is 1.87. The van der Waals surface area contributed by atoms with Crippen molar-refractivity contribution in [3.05, 3.63) is 46.7 Å². The first-order valence-electron chi connectivity index (χ1n) is 4.74. The number of nitrogens with one attached hydrogen (secondary N) is 1. The second-order valence-corrected chi connectivity index (χ2v) is 3.89. The van der Waals surface area contributed by atoms with E-state index in [9.17, 15) is 0 Å². The number of benzene rings is 1. The Hall–Kier alpha value is -1.81. The molecule has 1 heterocycles. The lowest BCUT2D eigenvalue weighted by atomic mass is 10.2. The van der Waals surface area contributed by atoms with Crippen molar-refractivity contribution >= 4 is 17.4 Å². The summed E-state index contributed by atoms with van der Waals surface area (Å²) in [6.07, 6.45) is 1.58. The average Bonchev–Trinajstić information content (AvgIpc) is 2.60. The van der Waals surface area contributed by atoms with Crippen LogP contribution in [-0.2, 0) is 0 Å². The largest absolute Gasteiger partial charge is 0.384 e. The Morgan fingerprint density at radius 2 is 2.25 bits per heavy atom. The molecule has 0 spiro atoms. The zero-order valence-corrected chi connectivity index (χ0v) is 9.49. The van der Waals surface area contributed by atoms with E-state index in [1.165, 1.54) is 0 Å². The van der Waals surface area contributed by atoms with Gasteiger partial charge in [-0.15, -0.1) is 0 Å². The van der Waals surface area contributed by atoms with Crippen molar-refractivity contribution in [1.82, 2.24) is 9.78 Å². The molecule has 2 rings (SSSR count). The van der Waals surface area contributed by atoms with E-state index in [0.717, 1.165) is 11.4 Å². The lowest BCUT2D eigenvalue weighted by molar-refractivity contribution is 0.847. The zero-order valence-electron chi connectivity index (χ0n) is 8.74. The number of halogens is 1. The molecule has 0 aliphatic rings. The number of nitrogens with two attached hydrogens (primary N) is 1. The van der Waals surface area contributed by atoms with Gasteiger partial charge in [-0.3, -0.25) is 5.41 Å². The van der Waals surface area contributed by atoms with E-state index in [4.69, 9.17) is 22.7 Å². The van der Waals surface area contributed by atoms with Gasteiger partial charge in [0, 0.05) is 5.02 Å². The van der Waals surface area contributed by atoms with Crippen molar-refractivity contribution in [3.8, 4) is 5.69 Å². The van der Waals surface area contributed by atoms with Crippen LogP contribution in [0.25, 0.3) is 5.69 Å². The maximum absolute atomic E-state index is 7.39. The van der Waals surface area contributed by atoms with E-state index in [0.29, 0.717) is 10.6 Å². The number of hydrogen-bond acceptors (Lipinski definition) is 2. The number of aromatic nitrogens is 2. The van der Waals surface area contributed by atoms with Crippen molar-refractivity contribution < 1.29 is 0 Å². The number of nitrogen functional groups attached to an aromatic ring is 1. The van der Waals surface area contributed by atoms with E-state index in [1.807, 2.05) is 25.1 Å². The van der Waals surface area contributed by atoms with E-state index in [2.05, 4.69) is 5.10 Å². The molecule has 5 heteroatoms. The van der Waals surface area contributed by atoms with Crippen LogP contribution < -0.4 is 5.73 Å². The van der Waals surface area contributed by atoms with Crippen LogP contribution in [0.1, 0.15) is 11.3 Å². The summed E-state index contributed by atoms with van der Waals surface area (Å²) in [4.78, 5) is 0. The van der Waals surface area contributed by atoms with Crippen LogP contribution >= 0.6 is 11.6 Å². The molecule has 1 aromatic carbocycles. The summed E-state index contributed by atoms with van der Waals surface area (Å²) in [5, 5.41) is 12.2. The van der Waals surface area contributed by atoms with E-state index in [-0.39, 0.29) is 5.84 Å². The van der Waals surface area contributed by atoms with Crippen LogP contribution in [0.2, 0.25) is 5.02 Å². The molecule has 1 aromatic heterocycles. The summed E-state index contributed by atoms with van der Waals surface area (Å²) < 4.78 is 1.71. The lowest BCUT2D eigenvalue weighted by Gasteiger charge is -2.05. The SMILES string of the molecule is Cc1c(C(=N)N)cnn1-c1cccc(Cl)c1. The van der Waals surface area contributed by atoms with Gasteiger partial charge in [-0.1, -0.05) is 17.7 Å². The summed E-state index contributed by atoms with van der Waals surface area (Å²) in [7, 11) is 0. The van der Waals surface area contributed by atoms with Gasteiger partial charge < -0.3 is 5.73 Å². The summed E-state index contributed by atoms with van der Waals surface area (Å²) in [5.41, 5.74) is 7.77. The van der Waals surface area contributed by atoms with Crippen molar-refractivity contribution in [2.24, 2.45) is 5.73 Å². The molecule has 0 aliphatic heterocycles. The average molecular weight is 235 g/mol. The molecule has 0 radical (unpaired) electrons. The van der Waals surface area contributed by atoms with Crippen LogP contribution in [-0.4, -0.2) is 15.6 Å². The van der Waals surface area contributed by atoms with Gasteiger partial charge in [-0.25, -0.2) is 4.68 Å². The van der Waals surface area contributed by atoms with Gasteiger partial charge in [-0.05, 0) is 25.1 Å². The van der Waals surface area contributed by atoms with Crippen molar-refractivity contribution in [3.63, 3.8) is 0 Å². The highest BCUT2D eigenvalue weighted by Crippen LogP contribution is 2.17. The van der Waals surface area contributed by atoms with Gasteiger partial charge in [0.2, 0.25) is 0 Å². The quantitative estimate of drug-likeness (QED) is 0.617. The highest BCUT2D eigenvalue weighted by atomic mass is 35.5. The summed E-state index contributed by atoms with van der Waals surface area (Å²) >= 11 is 5.91. The fourth-order valence-electron chi connectivity index (χ4n) is 1.54. The molecule has 0 amide bonds. The number of nitrogens with zero attached hydrogens (tertiary/aromatic N) is 2. The second-order valence-electron chi connectivity index (χ2n) is 3.45. The molecule has 3 N–H and O–H groups in total. The lowest BCUT2D eigenvalue weighted by Crippen LogP contribution is -2.12. The monoisotopic (exact) mass is 234 g/mol. The highest BCUT2D eigenvalue weighted by Gasteiger charge is 2.09. The normalized spacial score (nSPS) is 10.4. The Morgan fingerprint density at radius 3 is 2.81 bits per heavy atom. The van der Waals surface area contributed by atoms with Crippen molar-refractivity contribution in [2.75, 3.05) is 0 Å². The number of rotatable bonds is 2. The van der Waals surface area contributed by atoms with Crippen LogP contribution in [0.15, 0.2) is 30.5 Å². The first-order valence-corrected chi connectivity index (χ1v) is 5.12. The summed E-state index contributed by atoms with van der Waals surface area (Å²) in [6, 6.07) is 7.36. The molecule has 0 unspecified atom stereocenters.